The van der Waals surface area contributed by atoms with E-state index < -0.39 is 11.6 Å². The lowest BCUT2D eigenvalue weighted by Crippen LogP contribution is -2.25. The van der Waals surface area contributed by atoms with Gasteiger partial charge in [0, 0.05) is 0 Å². The summed E-state index contributed by atoms with van der Waals surface area (Å²) in [6.45, 7) is 3.98. The Bertz CT molecular complexity index is 617. The molecule has 3 rings (SSSR count). The van der Waals surface area contributed by atoms with Crippen LogP contribution >= 0.6 is 0 Å². The molecule has 1 aromatic carbocycles. The normalized spacial score (nSPS) is 29.3. The Hall–Kier alpha value is -1.18. The Morgan fingerprint density at radius 1 is 0.889 bits per heavy atom. The third-order valence-electron chi connectivity index (χ3n) is 7.32. The van der Waals surface area contributed by atoms with Crippen molar-refractivity contribution in [1.29, 1.82) is 0 Å². The zero-order valence-electron chi connectivity index (χ0n) is 17.2. The van der Waals surface area contributed by atoms with Gasteiger partial charge in [0.05, 0.1) is 0 Å². The van der Waals surface area contributed by atoms with E-state index in [1.165, 1.54) is 51.4 Å². The SMILES string of the molecule is C/C=C/CCC1CCC(C2CCC(c3ccc(CC)c(F)c3F)CC2)CC1. The van der Waals surface area contributed by atoms with Crippen LogP contribution in [0.4, 0.5) is 8.78 Å². The Balaban J connectivity index is 1.49. The molecule has 2 aliphatic carbocycles. The van der Waals surface area contributed by atoms with E-state index in [9.17, 15) is 8.78 Å². The molecule has 0 nitrogen and oxygen atoms in total. The van der Waals surface area contributed by atoms with Crippen molar-refractivity contribution in [1.82, 2.24) is 0 Å². The molecule has 2 saturated carbocycles. The lowest BCUT2D eigenvalue weighted by molar-refractivity contribution is 0.156. The monoisotopic (exact) mass is 374 g/mol. The molecule has 0 radical (unpaired) electrons. The fourth-order valence-corrected chi connectivity index (χ4v) is 5.54. The van der Waals surface area contributed by atoms with Crippen molar-refractivity contribution >= 4 is 0 Å². The Kier molecular flexibility index (Phi) is 7.49. The molecule has 0 atom stereocenters. The van der Waals surface area contributed by atoms with Crippen LogP contribution in [0.25, 0.3) is 0 Å². The van der Waals surface area contributed by atoms with E-state index in [1.807, 2.05) is 13.0 Å². The van der Waals surface area contributed by atoms with Gasteiger partial charge in [0.1, 0.15) is 0 Å². The highest BCUT2D eigenvalue weighted by Crippen LogP contribution is 2.45. The topological polar surface area (TPSA) is 0 Å². The summed E-state index contributed by atoms with van der Waals surface area (Å²) in [5.41, 5.74) is 1.12. The lowest BCUT2D eigenvalue weighted by Gasteiger charge is -2.38. The van der Waals surface area contributed by atoms with Gasteiger partial charge in [-0.3, -0.25) is 0 Å². The molecule has 2 heteroatoms. The van der Waals surface area contributed by atoms with E-state index in [2.05, 4.69) is 19.1 Å². The lowest BCUT2D eigenvalue weighted by atomic mass is 9.68. The summed E-state index contributed by atoms with van der Waals surface area (Å²) >= 11 is 0. The van der Waals surface area contributed by atoms with Gasteiger partial charge in [-0.05, 0) is 99.5 Å². The first-order chi connectivity index (χ1) is 13.1. The number of halogens is 2. The summed E-state index contributed by atoms with van der Waals surface area (Å²) < 4.78 is 28.6. The third-order valence-corrected chi connectivity index (χ3v) is 7.32. The fraction of sp³-hybridized carbons (Fsp3) is 0.680. The summed E-state index contributed by atoms with van der Waals surface area (Å²) in [6.07, 6.45) is 17.5. The van der Waals surface area contributed by atoms with E-state index in [4.69, 9.17) is 0 Å². The maximum absolute atomic E-state index is 14.5. The molecule has 150 valence electrons. The van der Waals surface area contributed by atoms with Gasteiger partial charge in [0.2, 0.25) is 0 Å². The van der Waals surface area contributed by atoms with Gasteiger partial charge in [-0.1, -0.05) is 44.1 Å². The number of hydrogen-bond donors (Lipinski definition) is 0. The van der Waals surface area contributed by atoms with Crippen molar-refractivity contribution in [2.24, 2.45) is 17.8 Å². The van der Waals surface area contributed by atoms with Crippen LogP contribution in [0, 0.1) is 29.4 Å². The van der Waals surface area contributed by atoms with E-state index in [0.717, 1.165) is 30.6 Å². The van der Waals surface area contributed by atoms with Crippen molar-refractivity contribution in [2.45, 2.75) is 90.4 Å². The second kappa shape index (κ2) is 9.85. The van der Waals surface area contributed by atoms with Crippen LogP contribution in [0.1, 0.15) is 95.1 Å². The average molecular weight is 375 g/mol. The zero-order valence-corrected chi connectivity index (χ0v) is 17.2. The number of rotatable bonds is 6. The number of allylic oxidation sites excluding steroid dienone is 2. The van der Waals surface area contributed by atoms with Crippen molar-refractivity contribution in [3.63, 3.8) is 0 Å². The highest BCUT2D eigenvalue weighted by atomic mass is 19.2. The second-order valence-electron chi connectivity index (χ2n) is 8.83. The van der Waals surface area contributed by atoms with Crippen molar-refractivity contribution in [3.8, 4) is 0 Å². The third kappa shape index (κ3) is 5.00. The smallest absolute Gasteiger partial charge is 0.162 e. The van der Waals surface area contributed by atoms with Crippen LogP contribution in [0.2, 0.25) is 0 Å². The first kappa shape index (κ1) is 20.6. The molecule has 27 heavy (non-hydrogen) atoms. The van der Waals surface area contributed by atoms with Crippen LogP contribution < -0.4 is 0 Å². The van der Waals surface area contributed by atoms with Crippen LogP contribution in [0.15, 0.2) is 24.3 Å². The number of benzene rings is 1. The Morgan fingerprint density at radius 3 is 2.11 bits per heavy atom. The van der Waals surface area contributed by atoms with Crippen LogP contribution in [0.5, 0.6) is 0 Å². The quantitative estimate of drug-likeness (QED) is 0.443. The summed E-state index contributed by atoms with van der Waals surface area (Å²) in [4.78, 5) is 0. The minimum atomic E-state index is -0.617. The van der Waals surface area contributed by atoms with Gasteiger partial charge >= 0.3 is 0 Å². The van der Waals surface area contributed by atoms with Crippen molar-refractivity contribution in [3.05, 3.63) is 47.0 Å². The molecule has 2 aliphatic rings. The molecular formula is C25H36F2. The number of hydrogen-bond acceptors (Lipinski definition) is 0. The first-order valence-corrected chi connectivity index (χ1v) is 11.2. The van der Waals surface area contributed by atoms with Gasteiger partial charge in [0.25, 0.3) is 0 Å². The first-order valence-electron chi connectivity index (χ1n) is 11.2. The molecule has 0 N–H and O–H groups in total. The van der Waals surface area contributed by atoms with Crippen LogP contribution in [0.3, 0.4) is 0 Å². The second-order valence-corrected chi connectivity index (χ2v) is 8.83. The van der Waals surface area contributed by atoms with E-state index in [0.29, 0.717) is 17.5 Å². The molecule has 0 aromatic heterocycles. The largest absolute Gasteiger partial charge is 0.203 e. The predicted molar refractivity (Wildman–Crippen MR) is 110 cm³/mol. The zero-order chi connectivity index (χ0) is 19.2. The minimum absolute atomic E-state index is 0.207. The maximum Gasteiger partial charge on any atom is 0.162 e. The molecule has 0 aliphatic heterocycles. The molecule has 0 unspecified atom stereocenters. The van der Waals surface area contributed by atoms with Gasteiger partial charge in [0.15, 0.2) is 11.6 Å². The number of aryl methyl sites for hydroxylation is 1. The summed E-state index contributed by atoms with van der Waals surface area (Å²) in [5, 5.41) is 0. The molecule has 0 amide bonds. The summed E-state index contributed by atoms with van der Waals surface area (Å²) in [5.74, 6) is 1.60. The maximum atomic E-state index is 14.5. The van der Waals surface area contributed by atoms with E-state index in [-0.39, 0.29) is 5.92 Å². The Morgan fingerprint density at radius 2 is 1.52 bits per heavy atom. The summed E-state index contributed by atoms with van der Waals surface area (Å²) in [7, 11) is 0. The van der Waals surface area contributed by atoms with Gasteiger partial charge in [-0.2, -0.15) is 0 Å². The van der Waals surface area contributed by atoms with Gasteiger partial charge in [-0.15, -0.1) is 0 Å². The molecule has 0 saturated heterocycles. The molecular weight excluding hydrogens is 338 g/mol. The van der Waals surface area contributed by atoms with Crippen LogP contribution in [-0.4, -0.2) is 0 Å². The molecule has 0 bridgehead atoms. The van der Waals surface area contributed by atoms with E-state index in [1.54, 1.807) is 6.07 Å². The highest BCUT2D eigenvalue weighted by molar-refractivity contribution is 5.29. The molecule has 2 fully saturated rings. The van der Waals surface area contributed by atoms with Gasteiger partial charge < -0.3 is 0 Å². The summed E-state index contributed by atoms with van der Waals surface area (Å²) in [6, 6.07) is 3.63. The minimum Gasteiger partial charge on any atom is -0.203 e. The van der Waals surface area contributed by atoms with Crippen molar-refractivity contribution in [2.75, 3.05) is 0 Å². The van der Waals surface area contributed by atoms with E-state index >= 15 is 0 Å². The molecule has 0 spiro atoms. The van der Waals surface area contributed by atoms with Gasteiger partial charge in [-0.25, -0.2) is 8.78 Å². The molecule has 0 heterocycles. The highest BCUT2D eigenvalue weighted by Gasteiger charge is 2.32. The van der Waals surface area contributed by atoms with Crippen molar-refractivity contribution < 1.29 is 8.78 Å². The fourth-order valence-electron chi connectivity index (χ4n) is 5.54. The van der Waals surface area contributed by atoms with Crippen LogP contribution in [-0.2, 0) is 6.42 Å². The average Bonchev–Trinajstić information content (AvgIpc) is 2.71. The predicted octanol–water partition coefficient (Wildman–Crippen LogP) is 7.96. The Labute approximate surface area is 164 Å². The molecule has 1 aromatic rings. The standard InChI is InChI=1S/C25H36F2/c1-3-5-6-7-18-8-10-20(11-9-18)21-12-14-22(15-13-21)23-17-16-19(4-2)24(26)25(23)27/h3,5,16-18,20-22H,4,6-15H2,1-2H3/b5-3+.